The molecule has 0 aliphatic carbocycles. The fourth-order valence-electron chi connectivity index (χ4n) is 3.49. The number of hydrogen-bond donors (Lipinski definition) is 0. The lowest BCUT2D eigenvalue weighted by molar-refractivity contribution is -0.890. The van der Waals surface area contributed by atoms with E-state index in [4.69, 9.17) is 14.2 Å². The molecule has 0 aliphatic heterocycles. The van der Waals surface area contributed by atoms with Gasteiger partial charge in [0.15, 0.2) is 0 Å². The van der Waals surface area contributed by atoms with Gasteiger partial charge in [-0.2, -0.15) is 0 Å². The SMILES string of the molecule is C.C.C.CC(C)(C)C(=O)OCC[N+](C)(C)CCCC(=O)[O-].CC(C)(C)C(=O)OCC[N+](C)(C)CCCS(=O)(=O)[O-].CCCOP(=O)([O-])OCCOC(=O)C(C)(C)C. The van der Waals surface area contributed by atoms with Gasteiger partial charge in [-0.05, 0) is 75.2 Å². The van der Waals surface area contributed by atoms with E-state index in [2.05, 4.69) is 9.05 Å². The Bertz CT molecular complexity index is 1280. The number of ether oxygens (including phenoxy) is 3. The highest BCUT2D eigenvalue weighted by atomic mass is 32.2. The van der Waals surface area contributed by atoms with Crippen molar-refractivity contribution in [2.45, 2.75) is 117 Å². The van der Waals surface area contributed by atoms with Gasteiger partial charge >= 0.3 is 17.9 Å². The van der Waals surface area contributed by atoms with E-state index in [1.807, 2.05) is 49.0 Å². The second-order valence-electron chi connectivity index (χ2n) is 17.1. The maximum absolute atomic E-state index is 11.5. The third-order valence-electron chi connectivity index (χ3n) is 7.02. The summed E-state index contributed by atoms with van der Waals surface area (Å²) in [7, 11) is -0.613. The quantitative estimate of drug-likeness (QED) is 0.0393. The molecule has 17 nitrogen and oxygen atoms in total. The van der Waals surface area contributed by atoms with Crippen LogP contribution >= 0.6 is 7.82 Å². The third kappa shape index (κ3) is 43.2. The Kier molecular flexibility index (Phi) is 35.0. The van der Waals surface area contributed by atoms with Gasteiger partial charge in [0.2, 0.25) is 0 Å². The first-order valence-electron chi connectivity index (χ1n) is 18.0. The molecule has 57 heavy (non-hydrogen) atoms. The highest BCUT2D eigenvalue weighted by Crippen LogP contribution is 2.37. The van der Waals surface area contributed by atoms with E-state index in [9.17, 15) is 46.7 Å². The van der Waals surface area contributed by atoms with E-state index in [1.54, 1.807) is 48.5 Å². The Balaban J connectivity index is -0.000000167. The molecule has 0 aromatic rings. The van der Waals surface area contributed by atoms with Gasteiger partial charge in [-0.3, -0.25) is 18.9 Å². The second kappa shape index (κ2) is 29.9. The fourth-order valence-corrected chi connectivity index (χ4v) is 4.75. The summed E-state index contributed by atoms with van der Waals surface area (Å²) in [4.78, 5) is 55.8. The van der Waals surface area contributed by atoms with Crippen molar-refractivity contribution in [3.63, 3.8) is 0 Å². The fraction of sp³-hybridized carbons (Fsp3) is 0.895. The number of aliphatic carboxylic acids is 1. The van der Waals surface area contributed by atoms with Gasteiger partial charge in [-0.25, -0.2) is 8.42 Å². The van der Waals surface area contributed by atoms with Crippen LogP contribution in [0.25, 0.3) is 0 Å². The van der Waals surface area contributed by atoms with Crippen LogP contribution in [0.15, 0.2) is 0 Å². The number of carbonyl (C=O) groups is 4. The number of carbonyl (C=O) groups excluding carboxylic acids is 4. The molecule has 19 heteroatoms. The van der Waals surface area contributed by atoms with Crippen molar-refractivity contribution >= 4 is 41.8 Å². The molecule has 346 valence electrons. The van der Waals surface area contributed by atoms with Crippen molar-refractivity contribution in [1.29, 1.82) is 0 Å². The molecule has 0 fully saturated rings. The van der Waals surface area contributed by atoms with E-state index < -0.39 is 46.1 Å². The Morgan fingerprint density at radius 2 is 0.930 bits per heavy atom. The molecule has 0 aromatic heterocycles. The number of nitrogens with zero attached hydrogens (tertiary/aromatic N) is 2. The first-order valence-corrected chi connectivity index (χ1v) is 21.0. The summed E-state index contributed by atoms with van der Waals surface area (Å²) >= 11 is 0. The van der Waals surface area contributed by atoms with Crippen LogP contribution in [0, 0.1) is 16.2 Å². The summed E-state index contributed by atoms with van der Waals surface area (Å²) < 4.78 is 67.9. The first-order chi connectivity index (χ1) is 24.1. The smallest absolute Gasteiger partial charge is 0.311 e. The summed E-state index contributed by atoms with van der Waals surface area (Å²) in [6.07, 6.45) is 1.53. The molecule has 0 aromatic carbocycles. The first kappa shape index (κ1) is 66.6. The largest absolute Gasteiger partial charge is 0.756 e. The molecule has 0 heterocycles. The topological polar surface area (TPSA) is 235 Å². The molecule has 0 saturated carbocycles. The number of carboxylic acids is 1. The molecule has 0 amide bonds. The summed E-state index contributed by atoms with van der Waals surface area (Å²) in [6.45, 7) is 20.6. The van der Waals surface area contributed by atoms with Gasteiger partial charge in [-0.1, -0.05) is 29.2 Å². The molecule has 0 saturated heterocycles. The number of likely N-dealkylation sites (N-methyl/N-ethyl adjacent to an activating group) is 2. The monoisotopic (exact) mass is 870 g/mol. The Morgan fingerprint density at radius 3 is 1.25 bits per heavy atom. The van der Waals surface area contributed by atoms with Crippen LogP contribution in [0.4, 0.5) is 0 Å². The molecular formula is C38H82N2O15PS-. The Labute approximate surface area is 346 Å². The van der Waals surface area contributed by atoms with Crippen molar-refractivity contribution in [2.75, 3.05) is 93.2 Å². The van der Waals surface area contributed by atoms with Gasteiger partial charge < -0.3 is 51.6 Å². The van der Waals surface area contributed by atoms with Crippen LogP contribution < -0.4 is 10.00 Å². The van der Waals surface area contributed by atoms with Crippen molar-refractivity contribution in [2.24, 2.45) is 16.2 Å². The number of phosphoric ester groups is 1. The molecule has 0 aliphatic rings. The zero-order valence-electron chi connectivity index (χ0n) is 35.3. The number of quaternary nitrogens is 2. The zero-order chi connectivity index (χ0) is 43.2. The molecule has 0 rings (SSSR count). The second-order valence-corrected chi connectivity index (χ2v) is 20.1. The molecule has 1 unspecified atom stereocenters. The average Bonchev–Trinajstić information content (AvgIpc) is 2.96. The third-order valence-corrected chi connectivity index (χ3v) is 8.80. The molecular weight excluding hydrogens is 787 g/mol. The van der Waals surface area contributed by atoms with Crippen LogP contribution in [0.5, 0.6) is 0 Å². The maximum Gasteiger partial charge on any atom is 0.311 e. The van der Waals surface area contributed by atoms with Crippen LogP contribution in [0.2, 0.25) is 0 Å². The summed E-state index contributed by atoms with van der Waals surface area (Å²) in [5, 5.41) is 10.3. The predicted molar refractivity (Wildman–Crippen MR) is 218 cm³/mol. The lowest BCUT2D eigenvalue weighted by Gasteiger charge is -2.30. The van der Waals surface area contributed by atoms with Crippen LogP contribution in [0.3, 0.4) is 0 Å². The number of esters is 3. The number of rotatable bonds is 21. The minimum absolute atomic E-state index is 0. The van der Waals surface area contributed by atoms with Crippen LogP contribution in [-0.4, -0.2) is 139 Å². The zero-order valence-corrected chi connectivity index (χ0v) is 37.0. The minimum Gasteiger partial charge on any atom is -0.756 e. The number of phosphoric acid groups is 1. The predicted octanol–water partition coefficient (Wildman–Crippen LogP) is 4.17. The van der Waals surface area contributed by atoms with Gasteiger partial charge in [-0.15, -0.1) is 0 Å². The van der Waals surface area contributed by atoms with Crippen LogP contribution in [0.1, 0.15) is 117 Å². The minimum atomic E-state index is -4.25. The van der Waals surface area contributed by atoms with E-state index in [0.717, 1.165) is 6.54 Å². The molecule has 0 N–H and O–H groups in total. The summed E-state index contributed by atoms with van der Waals surface area (Å²) in [5.41, 5.74) is -1.61. The van der Waals surface area contributed by atoms with Gasteiger partial charge in [0.25, 0.3) is 7.82 Å². The Hall–Kier alpha value is -2.18. The number of hydrogen-bond acceptors (Lipinski definition) is 15. The van der Waals surface area contributed by atoms with Gasteiger partial charge in [0.05, 0.1) is 80.9 Å². The van der Waals surface area contributed by atoms with E-state index in [-0.39, 0.29) is 72.8 Å². The van der Waals surface area contributed by atoms with E-state index >= 15 is 0 Å². The standard InChI is InChI=1S/C13H25NO4.C12H25NO5S.C10H21O6P.3CH4/c1-13(2,3)12(17)18-10-9-14(4,5)8-6-7-11(15)16;1-12(2,3)11(14)18-9-8-13(4,5)7-6-10-19(15,16)17;1-5-6-15-17(12,13)16-8-7-14-9(11)10(2,3)4;;;/h6-10H2,1-5H3;6-10H2,1-5H3;5-8H2,1-4H3,(H,12,13);3*1H4/p-1. The van der Waals surface area contributed by atoms with Crippen LogP contribution in [-0.2, 0) is 57.1 Å². The highest BCUT2D eigenvalue weighted by Gasteiger charge is 2.26. The molecule has 0 radical (unpaired) electrons. The molecule has 0 spiro atoms. The molecule has 0 bridgehead atoms. The molecule has 1 atom stereocenters. The normalized spacial score (nSPS) is 12.9. The summed E-state index contributed by atoms with van der Waals surface area (Å²) in [5.74, 6) is -2.24. The van der Waals surface area contributed by atoms with Crippen molar-refractivity contribution in [3.8, 4) is 0 Å². The van der Waals surface area contributed by atoms with E-state index in [0.29, 0.717) is 54.5 Å². The lowest BCUT2D eigenvalue weighted by Crippen LogP contribution is -2.44. The summed E-state index contributed by atoms with van der Waals surface area (Å²) in [6, 6.07) is 0. The highest BCUT2D eigenvalue weighted by molar-refractivity contribution is 7.85. The van der Waals surface area contributed by atoms with Crippen molar-refractivity contribution < 1.29 is 78.9 Å². The van der Waals surface area contributed by atoms with Gasteiger partial charge in [0.1, 0.15) is 32.9 Å². The maximum atomic E-state index is 11.5. The van der Waals surface area contributed by atoms with Crippen molar-refractivity contribution in [1.82, 2.24) is 0 Å². The Morgan fingerprint density at radius 1 is 0.596 bits per heavy atom. The van der Waals surface area contributed by atoms with E-state index in [1.165, 1.54) is 0 Å². The number of carboxylic acid groups (broad SMARTS) is 1. The average molecular weight is 870 g/mol. The lowest BCUT2D eigenvalue weighted by atomic mass is 9.97. The van der Waals surface area contributed by atoms with Gasteiger partial charge in [0, 0.05) is 24.6 Å². The van der Waals surface area contributed by atoms with Crippen molar-refractivity contribution in [3.05, 3.63) is 0 Å².